The highest BCUT2D eigenvalue weighted by Crippen LogP contribution is 2.30. The van der Waals surface area contributed by atoms with E-state index in [1.165, 1.54) is 12.1 Å². The van der Waals surface area contributed by atoms with Gasteiger partial charge in [-0.25, -0.2) is 9.18 Å². The van der Waals surface area contributed by atoms with Gasteiger partial charge in [-0.1, -0.05) is 6.07 Å². The Kier molecular flexibility index (Phi) is 4.26. The maximum Gasteiger partial charge on any atom is 0.341 e. The van der Waals surface area contributed by atoms with Gasteiger partial charge in [0.05, 0.1) is 5.69 Å². The van der Waals surface area contributed by atoms with Crippen molar-refractivity contribution in [1.82, 2.24) is 9.78 Å². The van der Waals surface area contributed by atoms with Gasteiger partial charge in [0.1, 0.15) is 0 Å². The summed E-state index contributed by atoms with van der Waals surface area (Å²) in [7, 11) is 0. The number of carbonyl (C=O) groups is 1. The third kappa shape index (κ3) is 3.04. The van der Waals surface area contributed by atoms with E-state index in [1.807, 2.05) is 25.5 Å². The normalized spacial score (nSPS) is 10.7. The molecule has 21 heavy (non-hydrogen) atoms. The predicted octanol–water partition coefficient (Wildman–Crippen LogP) is 2.79. The monoisotopic (exact) mass is 292 g/mol. The van der Waals surface area contributed by atoms with E-state index in [1.54, 1.807) is 6.07 Å². The lowest BCUT2D eigenvalue weighted by atomic mass is 10.0. The van der Waals surface area contributed by atoms with Crippen LogP contribution in [0.4, 0.5) is 4.39 Å². The summed E-state index contributed by atoms with van der Waals surface area (Å²) < 4.78 is 20.7. The molecule has 0 fully saturated rings. The minimum absolute atomic E-state index is 0.0701. The van der Waals surface area contributed by atoms with Crippen molar-refractivity contribution in [1.29, 1.82) is 0 Å². The Morgan fingerprint density at radius 3 is 2.67 bits per heavy atom. The molecule has 1 N–H and O–H groups in total. The highest BCUT2D eigenvalue weighted by Gasteiger charge is 2.15. The molecule has 1 heterocycles. The van der Waals surface area contributed by atoms with Gasteiger partial charge in [-0.15, -0.1) is 0 Å². The molecule has 0 bridgehead atoms. The smallest absolute Gasteiger partial charge is 0.341 e. The predicted molar refractivity (Wildman–Crippen MR) is 75.9 cm³/mol. The van der Waals surface area contributed by atoms with Gasteiger partial charge in [-0.2, -0.15) is 5.10 Å². The molecule has 0 aliphatic carbocycles. The van der Waals surface area contributed by atoms with Gasteiger partial charge in [0.15, 0.2) is 18.2 Å². The second-order valence-electron chi connectivity index (χ2n) is 4.69. The third-order valence-corrected chi connectivity index (χ3v) is 3.25. The molecule has 0 spiro atoms. The summed E-state index contributed by atoms with van der Waals surface area (Å²) in [6.07, 6.45) is 0. The lowest BCUT2D eigenvalue weighted by molar-refractivity contribution is -0.139. The Labute approximate surface area is 122 Å². The van der Waals surface area contributed by atoms with Crippen LogP contribution in [0.25, 0.3) is 11.1 Å². The second-order valence-corrected chi connectivity index (χ2v) is 4.69. The molecule has 0 saturated carbocycles. The van der Waals surface area contributed by atoms with Crippen LogP contribution in [0.15, 0.2) is 18.2 Å². The molecule has 0 aliphatic heterocycles. The Balaban J connectivity index is 2.36. The molecule has 112 valence electrons. The molecule has 2 rings (SSSR count). The minimum Gasteiger partial charge on any atom is -0.479 e. The van der Waals surface area contributed by atoms with E-state index in [-0.39, 0.29) is 5.75 Å². The number of aryl methyl sites for hydroxylation is 2. The Hall–Kier alpha value is -2.37. The number of benzene rings is 1. The molecule has 0 aliphatic rings. The van der Waals surface area contributed by atoms with Gasteiger partial charge in [0, 0.05) is 17.8 Å². The van der Waals surface area contributed by atoms with Crippen LogP contribution >= 0.6 is 0 Å². The number of nitrogens with zero attached hydrogens (tertiary/aromatic N) is 2. The number of carboxylic acid groups (broad SMARTS) is 1. The van der Waals surface area contributed by atoms with Gasteiger partial charge >= 0.3 is 5.97 Å². The minimum atomic E-state index is -1.14. The summed E-state index contributed by atoms with van der Waals surface area (Å²) in [5.41, 5.74) is 3.38. The van der Waals surface area contributed by atoms with Crippen LogP contribution in [-0.2, 0) is 11.3 Å². The number of aromatic nitrogens is 2. The molecule has 0 unspecified atom stereocenters. The average molecular weight is 292 g/mol. The largest absolute Gasteiger partial charge is 0.479 e. The highest BCUT2D eigenvalue weighted by molar-refractivity contribution is 5.70. The number of carboxylic acids is 1. The maximum atomic E-state index is 14.0. The van der Waals surface area contributed by atoms with E-state index in [4.69, 9.17) is 9.84 Å². The summed E-state index contributed by atoms with van der Waals surface area (Å²) in [6.45, 7) is 5.98. The van der Waals surface area contributed by atoms with E-state index in [0.717, 1.165) is 23.5 Å². The summed E-state index contributed by atoms with van der Waals surface area (Å²) in [5.74, 6) is -1.80. The second kappa shape index (κ2) is 5.95. The fourth-order valence-electron chi connectivity index (χ4n) is 2.34. The fraction of sp³-hybridized carbons (Fsp3) is 0.333. The first-order valence-corrected chi connectivity index (χ1v) is 6.62. The van der Waals surface area contributed by atoms with E-state index in [9.17, 15) is 9.18 Å². The number of ether oxygens (including phenoxy) is 1. The molecule has 1 aromatic carbocycles. The van der Waals surface area contributed by atoms with E-state index in [2.05, 4.69) is 5.10 Å². The van der Waals surface area contributed by atoms with Gasteiger partial charge in [-0.3, -0.25) is 4.68 Å². The quantitative estimate of drug-likeness (QED) is 0.920. The van der Waals surface area contributed by atoms with Crippen LogP contribution in [0, 0.1) is 19.7 Å². The standard InChI is InChI=1S/C15H17FN2O3/c1-4-18-10(3)15(9(2)17-18)11-5-6-13(12(16)7-11)21-8-14(19)20/h5-7H,4,8H2,1-3H3,(H,19,20). The molecule has 0 amide bonds. The third-order valence-electron chi connectivity index (χ3n) is 3.25. The van der Waals surface area contributed by atoms with Crippen molar-refractivity contribution in [3.05, 3.63) is 35.4 Å². The zero-order valence-electron chi connectivity index (χ0n) is 12.2. The van der Waals surface area contributed by atoms with Crippen LogP contribution < -0.4 is 4.74 Å². The Morgan fingerprint density at radius 1 is 1.43 bits per heavy atom. The molecule has 0 radical (unpaired) electrons. The maximum absolute atomic E-state index is 14.0. The number of hydrogen-bond donors (Lipinski definition) is 1. The van der Waals surface area contributed by atoms with Crippen LogP contribution in [0.5, 0.6) is 5.75 Å². The van der Waals surface area contributed by atoms with Gasteiger partial charge < -0.3 is 9.84 Å². The summed E-state index contributed by atoms with van der Waals surface area (Å²) in [6, 6.07) is 4.49. The van der Waals surface area contributed by atoms with Crippen molar-refractivity contribution < 1.29 is 19.0 Å². The molecule has 2 aromatic rings. The SMILES string of the molecule is CCn1nc(C)c(-c2ccc(OCC(=O)O)c(F)c2)c1C. The highest BCUT2D eigenvalue weighted by atomic mass is 19.1. The topological polar surface area (TPSA) is 64.4 Å². The van der Waals surface area contributed by atoms with E-state index in [0.29, 0.717) is 5.56 Å². The van der Waals surface area contributed by atoms with Crippen molar-refractivity contribution in [2.75, 3.05) is 6.61 Å². The number of hydrogen-bond acceptors (Lipinski definition) is 3. The molecule has 5 nitrogen and oxygen atoms in total. The van der Waals surface area contributed by atoms with E-state index < -0.39 is 18.4 Å². The van der Waals surface area contributed by atoms with Crippen molar-refractivity contribution in [3.8, 4) is 16.9 Å². The van der Waals surface area contributed by atoms with Gasteiger partial charge in [0.2, 0.25) is 0 Å². The molecule has 0 atom stereocenters. The summed E-state index contributed by atoms with van der Waals surface area (Å²) in [5, 5.41) is 12.9. The lowest BCUT2D eigenvalue weighted by Crippen LogP contribution is -2.10. The van der Waals surface area contributed by atoms with Crippen molar-refractivity contribution in [2.45, 2.75) is 27.3 Å². The first kappa shape index (κ1) is 15.0. The zero-order chi connectivity index (χ0) is 15.6. The number of halogens is 1. The molecule has 0 saturated heterocycles. The first-order valence-electron chi connectivity index (χ1n) is 6.62. The van der Waals surface area contributed by atoms with Gasteiger partial charge in [0.25, 0.3) is 0 Å². The van der Waals surface area contributed by atoms with Crippen molar-refractivity contribution >= 4 is 5.97 Å². The lowest BCUT2D eigenvalue weighted by Gasteiger charge is -2.08. The van der Waals surface area contributed by atoms with Crippen LogP contribution in [0.3, 0.4) is 0 Å². The number of rotatable bonds is 5. The van der Waals surface area contributed by atoms with Crippen molar-refractivity contribution in [3.63, 3.8) is 0 Å². The average Bonchev–Trinajstić information content (AvgIpc) is 2.71. The number of aliphatic carboxylic acids is 1. The van der Waals surface area contributed by atoms with Gasteiger partial charge in [-0.05, 0) is 38.5 Å². The molecule has 6 heteroatoms. The van der Waals surface area contributed by atoms with Crippen LogP contribution in [0.2, 0.25) is 0 Å². The van der Waals surface area contributed by atoms with E-state index >= 15 is 0 Å². The van der Waals surface area contributed by atoms with Crippen LogP contribution in [0.1, 0.15) is 18.3 Å². The molecule has 1 aromatic heterocycles. The molecular weight excluding hydrogens is 275 g/mol. The summed E-state index contributed by atoms with van der Waals surface area (Å²) in [4.78, 5) is 10.4. The fourth-order valence-corrected chi connectivity index (χ4v) is 2.34. The first-order chi connectivity index (χ1) is 9.93. The zero-order valence-corrected chi connectivity index (χ0v) is 12.2. The summed E-state index contributed by atoms with van der Waals surface area (Å²) >= 11 is 0. The molecular formula is C15H17FN2O3. The Bertz CT molecular complexity index is 680. The Morgan fingerprint density at radius 2 is 2.14 bits per heavy atom. The van der Waals surface area contributed by atoms with Crippen LogP contribution in [-0.4, -0.2) is 27.5 Å². The van der Waals surface area contributed by atoms with Crippen molar-refractivity contribution in [2.24, 2.45) is 0 Å².